The summed E-state index contributed by atoms with van der Waals surface area (Å²) in [5.74, 6) is 0. The predicted octanol–water partition coefficient (Wildman–Crippen LogP) is 3.32. The van der Waals surface area contributed by atoms with E-state index in [9.17, 15) is 8.39 Å². The first kappa shape index (κ1) is 15.5. The van der Waals surface area contributed by atoms with Gasteiger partial charge in [-0.25, -0.2) is 0 Å². The normalized spacial score (nSPS) is 16.4. The molecule has 0 fully saturated rings. The molecule has 19 heavy (non-hydrogen) atoms. The minimum absolute atomic E-state index is 0.447. The fraction of sp³-hybridized carbons (Fsp3) is 0.333. The van der Waals surface area contributed by atoms with Gasteiger partial charge in [-0.05, 0) is 0 Å². The van der Waals surface area contributed by atoms with E-state index >= 15 is 0 Å². The molecule has 2 atom stereocenters. The Kier molecular flexibility index (Phi) is 4.55. The van der Waals surface area contributed by atoms with Gasteiger partial charge in [0.05, 0.1) is 0 Å². The van der Waals surface area contributed by atoms with Gasteiger partial charge in [0.1, 0.15) is 0 Å². The Morgan fingerprint density at radius 2 is 1.42 bits per heavy atom. The number of nitriles is 2. The van der Waals surface area contributed by atoms with Crippen molar-refractivity contribution in [3.63, 3.8) is 0 Å². The number of hydrogen-bond acceptors (Lipinski definition) is 4. The summed E-state index contributed by atoms with van der Waals surface area (Å²) < 4.78 is 38.8. The zero-order valence-electron chi connectivity index (χ0n) is 10.5. The van der Waals surface area contributed by atoms with Crippen molar-refractivity contribution >= 4 is 13.0 Å². The first-order chi connectivity index (χ1) is 8.80. The first-order valence-corrected chi connectivity index (χ1v) is 7.34. The van der Waals surface area contributed by atoms with Crippen molar-refractivity contribution in [1.82, 2.24) is 0 Å². The molecule has 1 aromatic rings. The van der Waals surface area contributed by atoms with Crippen LogP contribution in [0.5, 0.6) is 0 Å². The maximum absolute atomic E-state index is 14.8. The van der Waals surface area contributed by atoms with Crippen LogP contribution in [0.2, 0.25) is 0 Å². The average molecular weight is 286 g/mol. The zero-order chi connectivity index (χ0) is 14.5. The SMILES string of the molecule is CC(C#N)OP(F)(F)(OC(C)C#N)c1ccccc1. The van der Waals surface area contributed by atoms with E-state index in [0.717, 1.165) is 12.1 Å². The van der Waals surface area contributed by atoms with Crippen LogP contribution in [-0.2, 0) is 9.05 Å². The van der Waals surface area contributed by atoms with Crippen LogP contribution in [0.15, 0.2) is 30.3 Å². The van der Waals surface area contributed by atoms with Crippen LogP contribution in [0.4, 0.5) is 8.39 Å². The summed E-state index contributed by atoms with van der Waals surface area (Å²) in [7, 11) is -6.22. The van der Waals surface area contributed by atoms with E-state index in [4.69, 9.17) is 10.5 Å². The molecule has 0 spiro atoms. The van der Waals surface area contributed by atoms with Crippen LogP contribution < -0.4 is 5.30 Å². The monoisotopic (exact) mass is 286 g/mol. The van der Waals surface area contributed by atoms with Gasteiger partial charge in [0, 0.05) is 0 Å². The van der Waals surface area contributed by atoms with E-state index in [1.165, 1.54) is 26.0 Å². The molecular weight excluding hydrogens is 273 g/mol. The van der Waals surface area contributed by atoms with Gasteiger partial charge in [-0.15, -0.1) is 0 Å². The summed E-state index contributed by atoms with van der Waals surface area (Å²) >= 11 is 0. The maximum atomic E-state index is 14.8. The summed E-state index contributed by atoms with van der Waals surface area (Å²) in [6.45, 7) is 2.40. The minimum atomic E-state index is -6.22. The van der Waals surface area contributed by atoms with Crippen LogP contribution in [0.25, 0.3) is 0 Å². The van der Waals surface area contributed by atoms with Crippen molar-refractivity contribution in [2.24, 2.45) is 0 Å². The molecule has 0 aliphatic carbocycles. The van der Waals surface area contributed by atoms with Crippen molar-refractivity contribution < 1.29 is 17.4 Å². The van der Waals surface area contributed by atoms with Crippen LogP contribution in [0.3, 0.4) is 0 Å². The third-order valence-corrected chi connectivity index (χ3v) is 4.64. The van der Waals surface area contributed by atoms with Crippen molar-refractivity contribution in [2.75, 3.05) is 0 Å². The number of hydrogen-bond donors (Lipinski definition) is 0. The molecule has 0 N–H and O–H groups in total. The van der Waals surface area contributed by atoms with Crippen molar-refractivity contribution in [3.05, 3.63) is 30.3 Å². The van der Waals surface area contributed by atoms with Gasteiger partial charge in [0.2, 0.25) is 0 Å². The quantitative estimate of drug-likeness (QED) is 0.779. The molecule has 1 aromatic carbocycles. The zero-order valence-corrected chi connectivity index (χ0v) is 11.3. The summed E-state index contributed by atoms with van der Waals surface area (Å²) in [6.07, 6.45) is -2.70. The van der Waals surface area contributed by atoms with Crippen molar-refractivity contribution in [1.29, 1.82) is 10.5 Å². The molecular formula is C12H13F2N2O2P. The fourth-order valence-electron chi connectivity index (χ4n) is 1.38. The fourth-order valence-corrected chi connectivity index (χ4v) is 3.46. The second kappa shape index (κ2) is 5.59. The van der Waals surface area contributed by atoms with Gasteiger partial charge < -0.3 is 0 Å². The Hall–Kier alpha value is -1.59. The van der Waals surface area contributed by atoms with Gasteiger partial charge in [-0.3, -0.25) is 0 Å². The topological polar surface area (TPSA) is 66.0 Å². The van der Waals surface area contributed by atoms with Crippen LogP contribution in [0, 0.1) is 22.7 Å². The first-order valence-electron chi connectivity index (χ1n) is 5.49. The van der Waals surface area contributed by atoms with E-state index in [1.54, 1.807) is 18.2 Å². The Bertz CT molecular complexity index is 499. The summed E-state index contributed by atoms with van der Waals surface area (Å²) in [6, 6.07) is 9.86. The molecule has 2 unspecified atom stereocenters. The van der Waals surface area contributed by atoms with E-state index in [0.29, 0.717) is 0 Å². The van der Waals surface area contributed by atoms with Crippen molar-refractivity contribution in [3.8, 4) is 12.1 Å². The van der Waals surface area contributed by atoms with Crippen LogP contribution >= 0.6 is 7.68 Å². The van der Waals surface area contributed by atoms with E-state index in [1.807, 2.05) is 0 Å². The van der Waals surface area contributed by atoms with Crippen LogP contribution in [-0.4, -0.2) is 12.2 Å². The van der Waals surface area contributed by atoms with E-state index in [-0.39, 0.29) is 0 Å². The van der Waals surface area contributed by atoms with Crippen LogP contribution in [0.1, 0.15) is 13.8 Å². The van der Waals surface area contributed by atoms with Gasteiger partial charge >= 0.3 is 109 Å². The average Bonchev–Trinajstić information content (AvgIpc) is 2.39. The Labute approximate surface area is 110 Å². The van der Waals surface area contributed by atoms with E-state index in [2.05, 4.69) is 9.05 Å². The number of halogens is 2. The molecule has 4 nitrogen and oxygen atoms in total. The summed E-state index contributed by atoms with van der Waals surface area (Å²) in [5.41, 5.74) is 0. The van der Waals surface area contributed by atoms with E-state index < -0.39 is 25.2 Å². The Morgan fingerprint density at radius 1 is 1.00 bits per heavy atom. The second-order valence-electron chi connectivity index (χ2n) is 3.86. The number of nitrogens with zero attached hydrogens (tertiary/aromatic N) is 2. The molecule has 0 amide bonds. The molecule has 0 aliphatic rings. The van der Waals surface area contributed by atoms with Gasteiger partial charge in [-0.2, -0.15) is 0 Å². The molecule has 0 saturated carbocycles. The third-order valence-electron chi connectivity index (χ3n) is 2.19. The molecule has 102 valence electrons. The van der Waals surface area contributed by atoms with Crippen molar-refractivity contribution in [2.45, 2.75) is 26.1 Å². The molecule has 0 aliphatic heterocycles. The number of benzene rings is 1. The predicted molar refractivity (Wildman–Crippen MR) is 67.5 cm³/mol. The van der Waals surface area contributed by atoms with Gasteiger partial charge in [-0.1, -0.05) is 0 Å². The summed E-state index contributed by atoms with van der Waals surface area (Å²) in [5, 5.41) is 16.8. The molecule has 1 rings (SSSR count). The molecule has 0 bridgehead atoms. The Balaban J connectivity index is 3.25. The molecule has 0 saturated heterocycles. The standard InChI is InChI=1S/C12H13F2N2O2P/c1-10(8-15)17-19(13,14,18-11(2)9-16)12-6-4-3-5-7-12/h3-7,10-11H,1-2H3. The van der Waals surface area contributed by atoms with Gasteiger partial charge in [0.25, 0.3) is 0 Å². The molecule has 0 radical (unpaired) electrons. The molecule has 7 heteroatoms. The Morgan fingerprint density at radius 3 is 1.79 bits per heavy atom. The second-order valence-corrected chi connectivity index (χ2v) is 6.33. The molecule has 0 heterocycles. The summed E-state index contributed by atoms with van der Waals surface area (Å²) in [4.78, 5) is 0. The number of rotatable bonds is 5. The van der Waals surface area contributed by atoms with Gasteiger partial charge in [0.15, 0.2) is 0 Å². The third kappa shape index (κ3) is 3.68. The molecule has 0 aromatic heterocycles.